The number of hydrogen-bond donors (Lipinski definition) is 2. The van der Waals surface area contributed by atoms with Gasteiger partial charge in [0.15, 0.2) is 5.60 Å². The van der Waals surface area contributed by atoms with E-state index in [-0.39, 0.29) is 13.1 Å². The predicted octanol–water partition coefficient (Wildman–Crippen LogP) is 2.27. The third-order valence-electron chi connectivity index (χ3n) is 4.39. The standard InChI is InChI=1S/C16H18F3N3O2/c1-11(14(23)21-13-5-3-2-4-12(13)10-20)22-8-6-15(24,7-9-22)16(17,18)19/h2-5,11,24H,6-9H2,1H3,(H,21,23). The highest BCUT2D eigenvalue weighted by molar-refractivity contribution is 5.95. The van der Waals surface area contributed by atoms with E-state index in [1.54, 1.807) is 36.1 Å². The second kappa shape index (κ2) is 6.79. The number of anilines is 1. The van der Waals surface area contributed by atoms with Crippen molar-refractivity contribution in [1.29, 1.82) is 5.26 Å². The third-order valence-corrected chi connectivity index (χ3v) is 4.39. The molecule has 1 unspecified atom stereocenters. The molecule has 1 aromatic carbocycles. The Morgan fingerprint density at radius 3 is 2.50 bits per heavy atom. The summed E-state index contributed by atoms with van der Waals surface area (Å²) in [4.78, 5) is 13.9. The van der Waals surface area contributed by atoms with Gasteiger partial charge in [0.1, 0.15) is 6.07 Å². The first-order valence-corrected chi connectivity index (χ1v) is 7.51. The van der Waals surface area contributed by atoms with Crippen molar-refractivity contribution in [3.05, 3.63) is 29.8 Å². The first kappa shape index (κ1) is 18.2. The van der Waals surface area contributed by atoms with Crippen LogP contribution in [-0.4, -0.2) is 46.8 Å². The Kier molecular flexibility index (Phi) is 5.16. The third kappa shape index (κ3) is 3.68. The molecule has 1 aliphatic heterocycles. The van der Waals surface area contributed by atoms with Gasteiger partial charge in [-0.15, -0.1) is 0 Å². The minimum Gasteiger partial charge on any atom is -0.380 e. The number of halogens is 3. The number of hydrogen-bond acceptors (Lipinski definition) is 4. The fraction of sp³-hybridized carbons (Fsp3) is 0.500. The van der Waals surface area contributed by atoms with Crippen LogP contribution in [0.3, 0.4) is 0 Å². The van der Waals surface area contributed by atoms with Crippen molar-refractivity contribution in [1.82, 2.24) is 4.90 Å². The van der Waals surface area contributed by atoms with E-state index in [0.29, 0.717) is 11.3 Å². The summed E-state index contributed by atoms with van der Waals surface area (Å²) in [5.41, 5.74) is -2.02. The molecule has 0 radical (unpaired) electrons. The van der Waals surface area contributed by atoms with E-state index < -0.39 is 36.6 Å². The Morgan fingerprint density at radius 2 is 1.96 bits per heavy atom. The maximum Gasteiger partial charge on any atom is 0.417 e. The molecule has 2 N–H and O–H groups in total. The van der Waals surface area contributed by atoms with E-state index in [0.717, 1.165) is 0 Å². The summed E-state index contributed by atoms with van der Waals surface area (Å²) in [5, 5.41) is 21.3. The normalized spacial score (nSPS) is 19.3. The van der Waals surface area contributed by atoms with Gasteiger partial charge in [-0.05, 0) is 31.9 Å². The molecular formula is C16H18F3N3O2. The number of carbonyl (C=O) groups is 1. The number of benzene rings is 1. The lowest BCUT2D eigenvalue weighted by molar-refractivity contribution is -0.273. The predicted molar refractivity (Wildman–Crippen MR) is 81.1 cm³/mol. The second-order valence-corrected chi connectivity index (χ2v) is 5.89. The molecule has 1 heterocycles. The van der Waals surface area contributed by atoms with Crippen molar-refractivity contribution in [2.75, 3.05) is 18.4 Å². The molecule has 8 heteroatoms. The van der Waals surface area contributed by atoms with Gasteiger partial charge in [0.05, 0.1) is 17.3 Å². The molecule has 5 nitrogen and oxygen atoms in total. The molecule has 130 valence electrons. The zero-order valence-electron chi connectivity index (χ0n) is 13.1. The van der Waals surface area contributed by atoms with Gasteiger partial charge < -0.3 is 10.4 Å². The smallest absolute Gasteiger partial charge is 0.380 e. The molecule has 1 atom stereocenters. The lowest BCUT2D eigenvalue weighted by Crippen LogP contribution is -2.56. The monoisotopic (exact) mass is 341 g/mol. The number of carbonyl (C=O) groups excluding carboxylic acids is 1. The highest BCUT2D eigenvalue weighted by atomic mass is 19.4. The topological polar surface area (TPSA) is 76.4 Å². The molecule has 1 amide bonds. The van der Waals surface area contributed by atoms with Crippen LogP contribution in [0.4, 0.5) is 18.9 Å². The molecule has 1 saturated heterocycles. The summed E-state index contributed by atoms with van der Waals surface area (Å²) in [6, 6.07) is 7.77. The first-order chi connectivity index (χ1) is 11.2. The molecule has 1 aromatic rings. The molecular weight excluding hydrogens is 323 g/mol. The number of likely N-dealkylation sites (tertiary alicyclic amines) is 1. The number of rotatable bonds is 3. The summed E-state index contributed by atoms with van der Waals surface area (Å²) < 4.78 is 38.4. The van der Waals surface area contributed by atoms with Gasteiger partial charge in [0.2, 0.25) is 5.91 Å². The van der Waals surface area contributed by atoms with Crippen LogP contribution in [-0.2, 0) is 4.79 Å². The van der Waals surface area contributed by atoms with E-state index in [9.17, 15) is 23.1 Å². The lowest BCUT2D eigenvalue weighted by atomic mass is 9.90. The van der Waals surface area contributed by atoms with Gasteiger partial charge in [-0.2, -0.15) is 18.4 Å². The number of piperidine rings is 1. The Labute approximate surface area is 137 Å². The largest absolute Gasteiger partial charge is 0.417 e. The van der Waals surface area contributed by atoms with Crippen LogP contribution < -0.4 is 5.32 Å². The SMILES string of the molecule is CC(C(=O)Nc1ccccc1C#N)N1CCC(O)(C(F)(F)F)CC1. The van der Waals surface area contributed by atoms with Crippen molar-refractivity contribution >= 4 is 11.6 Å². The van der Waals surface area contributed by atoms with Crippen LogP contribution in [0.2, 0.25) is 0 Å². The maximum absolute atomic E-state index is 12.8. The minimum atomic E-state index is -4.67. The quantitative estimate of drug-likeness (QED) is 0.884. The summed E-state index contributed by atoms with van der Waals surface area (Å²) in [5.74, 6) is -0.407. The van der Waals surface area contributed by atoms with E-state index in [1.807, 2.05) is 6.07 Å². The van der Waals surface area contributed by atoms with Crippen molar-refractivity contribution < 1.29 is 23.1 Å². The van der Waals surface area contributed by atoms with Gasteiger partial charge >= 0.3 is 6.18 Å². The number of alkyl halides is 3. The van der Waals surface area contributed by atoms with E-state index in [4.69, 9.17) is 5.26 Å². The maximum atomic E-state index is 12.8. The van der Waals surface area contributed by atoms with Crippen LogP contribution in [0, 0.1) is 11.3 Å². The lowest BCUT2D eigenvalue weighted by Gasteiger charge is -2.40. The number of nitrogens with one attached hydrogen (secondary N) is 1. The van der Waals surface area contributed by atoms with Crippen molar-refractivity contribution in [2.45, 2.75) is 37.6 Å². The molecule has 24 heavy (non-hydrogen) atoms. The highest BCUT2D eigenvalue weighted by Crippen LogP contribution is 2.38. The van der Waals surface area contributed by atoms with Crippen LogP contribution in [0.1, 0.15) is 25.3 Å². The van der Waals surface area contributed by atoms with Crippen molar-refractivity contribution in [3.8, 4) is 6.07 Å². The summed E-state index contributed by atoms with van der Waals surface area (Å²) in [7, 11) is 0. The average Bonchev–Trinajstić information content (AvgIpc) is 2.54. The number of aliphatic hydroxyl groups is 1. The van der Waals surface area contributed by atoms with Gasteiger partial charge in [-0.3, -0.25) is 9.69 Å². The van der Waals surface area contributed by atoms with Gasteiger partial charge in [0.25, 0.3) is 0 Å². The minimum absolute atomic E-state index is 0.0372. The molecule has 1 aliphatic rings. The summed E-state index contributed by atoms with van der Waals surface area (Å²) in [6.45, 7) is 1.51. The van der Waals surface area contributed by atoms with Crippen LogP contribution >= 0.6 is 0 Å². The Morgan fingerprint density at radius 1 is 1.38 bits per heavy atom. The fourth-order valence-electron chi connectivity index (χ4n) is 2.66. The van der Waals surface area contributed by atoms with Crippen LogP contribution in [0.5, 0.6) is 0 Å². The van der Waals surface area contributed by atoms with E-state index in [2.05, 4.69) is 5.32 Å². The van der Waals surface area contributed by atoms with Gasteiger partial charge in [0, 0.05) is 13.1 Å². The van der Waals surface area contributed by atoms with E-state index >= 15 is 0 Å². The second-order valence-electron chi connectivity index (χ2n) is 5.89. The van der Waals surface area contributed by atoms with Gasteiger partial charge in [-0.1, -0.05) is 12.1 Å². The van der Waals surface area contributed by atoms with Crippen LogP contribution in [0.15, 0.2) is 24.3 Å². The fourth-order valence-corrected chi connectivity index (χ4v) is 2.66. The Hall–Kier alpha value is -2.11. The van der Waals surface area contributed by atoms with Crippen molar-refractivity contribution in [2.24, 2.45) is 0 Å². The molecule has 0 spiro atoms. The Balaban J connectivity index is 1.99. The Bertz CT molecular complexity index is 647. The number of nitrogens with zero attached hydrogens (tertiary/aromatic N) is 2. The summed E-state index contributed by atoms with van der Waals surface area (Å²) >= 11 is 0. The number of para-hydroxylation sites is 1. The molecule has 0 aromatic heterocycles. The number of amides is 1. The zero-order valence-corrected chi connectivity index (χ0v) is 13.1. The molecule has 0 aliphatic carbocycles. The van der Waals surface area contributed by atoms with E-state index in [1.165, 1.54) is 0 Å². The van der Waals surface area contributed by atoms with Crippen LogP contribution in [0.25, 0.3) is 0 Å². The van der Waals surface area contributed by atoms with Gasteiger partial charge in [-0.25, -0.2) is 0 Å². The molecule has 2 rings (SSSR count). The first-order valence-electron chi connectivity index (χ1n) is 7.51. The average molecular weight is 341 g/mol. The van der Waals surface area contributed by atoms with Crippen molar-refractivity contribution in [3.63, 3.8) is 0 Å². The summed E-state index contributed by atoms with van der Waals surface area (Å²) in [6.07, 6.45) is -5.61. The zero-order chi connectivity index (χ0) is 18.0. The molecule has 0 saturated carbocycles. The molecule has 0 bridgehead atoms. The highest BCUT2D eigenvalue weighted by Gasteiger charge is 2.54. The molecule has 1 fully saturated rings. The number of nitriles is 1.